The number of benzene rings is 2. The lowest BCUT2D eigenvalue weighted by molar-refractivity contribution is 0.252. The van der Waals surface area contributed by atoms with E-state index < -0.39 is 0 Å². The van der Waals surface area contributed by atoms with Gasteiger partial charge in [0.2, 0.25) is 0 Å². The molecular weight excluding hydrogens is 321 g/mol. The molecule has 1 heterocycles. The molecule has 0 aliphatic heterocycles. The van der Waals surface area contributed by atoms with Crippen molar-refractivity contribution in [2.75, 3.05) is 11.9 Å². The van der Waals surface area contributed by atoms with Gasteiger partial charge in [0.1, 0.15) is 11.3 Å². The molecule has 0 atom stereocenters. The smallest absolute Gasteiger partial charge is 0.319 e. The number of hydrogen-bond donors (Lipinski definition) is 2. The molecule has 2 N–H and O–H groups in total. The van der Waals surface area contributed by atoms with E-state index in [1.165, 1.54) is 6.07 Å². The summed E-state index contributed by atoms with van der Waals surface area (Å²) in [6.45, 7) is 0.352. The Kier molecular flexibility index (Phi) is 4.09. The first kappa shape index (κ1) is 15.6. The highest BCUT2D eigenvalue weighted by atomic mass is 19.1. The van der Waals surface area contributed by atoms with Crippen LogP contribution in [-0.4, -0.2) is 17.6 Å². The second kappa shape index (κ2) is 6.55. The largest absolute Gasteiger partial charge is 0.440 e. The van der Waals surface area contributed by atoms with Crippen LogP contribution in [0.4, 0.5) is 14.9 Å². The van der Waals surface area contributed by atoms with E-state index in [0.29, 0.717) is 30.1 Å². The Morgan fingerprint density at radius 3 is 2.88 bits per heavy atom. The molecule has 0 radical (unpaired) electrons. The first-order valence-corrected chi connectivity index (χ1v) is 8.38. The fourth-order valence-corrected chi connectivity index (χ4v) is 2.72. The number of fused-ring (bicyclic) bond motifs is 1. The zero-order valence-corrected chi connectivity index (χ0v) is 13.6. The topological polar surface area (TPSA) is 67.2 Å². The van der Waals surface area contributed by atoms with Gasteiger partial charge in [-0.05, 0) is 49.1 Å². The maximum Gasteiger partial charge on any atom is 0.319 e. The van der Waals surface area contributed by atoms with Crippen LogP contribution in [0.3, 0.4) is 0 Å². The zero-order valence-electron chi connectivity index (χ0n) is 13.6. The number of urea groups is 1. The number of aromatic nitrogens is 1. The van der Waals surface area contributed by atoms with Crippen LogP contribution >= 0.6 is 0 Å². The van der Waals surface area contributed by atoms with E-state index in [9.17, 15) is 9.18 Å². The SMILES string of the molecule is O=C(NCCc1ccccc1F)Nc1ccc2oc(C3CC3)nc2c1. The molecule has 0 saturated heterocycles. The quantitative estimate of drug-likeness (QED) is 0.732. The van der Waals surface area contributed by atoms with Gasteiger partial charge in [-0.1, -0.05) is 18.2 Å². The summed E-state index contributed by atoms with van der Waals surface area (Å²) in [6.07, 6.45) is 2.69. The van der Waals surface area contributed by atoms with E-state index in [-0.39, 0.29) is 11.8 Å². The highest BCUT2D eigenvalue weighted by molar-refractivity contribution is 5.91. The molecule has 3 aromatic rings. The second-order valence-electron chi connectivity index (χ2n) is 6.23. The molecule has 2 aromatic carbocycles. The van der Waals surface area contributed by atoms with Gasteiger partial charge in [0, 0.05) is 18.2 Å². The minimum atomic E-state index is -0.332. The lowest BCUT2D eigenvalue weighted by Crippen LogP contribution is -2.30. The van der Waals surface area contributed by atoms with Crippen molar-refractivity contribution in [3.8, 4) is 0 Å². The molecule has 1 aromatic heterocycles. The van der Waals surface area contributed by atoms with Gasteiger partial charge in [-0.15, -0.1) is 0 Å². The fraction of sp³-hybridized carbons (Fsp3) is 0.263. The summed E-state index contributed by atoms with van der Waals surface area (Å²) in [6, 6.07) is 11.6. The maximum atomic E-state index is 13.5. The molecule has 0 bridgehead atoms. The highest BCUT2D eigenvalue weighted by Crippen LogP contribution is 2.40. The molecule has 6 heteroatoms. The molecule has 4 rings (SSSR count). The van der Waals surface area contributed by atoms with E-state index in [1.54, 1.807) is 30.3 Å². The predicted molar refractivity (Wildman–Crippen MR) is 93.1 cm³/mol. The van der Waals surface area contributed by atoms with Crippen LogP contribution in [0, 0.1) is 5.82 Å². The van der Waals surface area contributed by atoms with Gasteiger partial charge in [-0.2, -0.15) is 0 Å². The van der Waals surface area contributed by atoms with Crippen molar-refractivity contribution in [3.05, 3.63) is 59.7 Å². The molecule has 0 spiro atoms. The summed E-state index contributed by atoms with van der Waals surface area (Å²) in [5.74, 6) is 0.972. The summed E-state index contributed by atoms with van der Waals surface area (Å²) >= 11 is 0. The fourth-order valence-electron chi connectivity index (χ4n) is 2.72. The number of hydrogen-bond acceptors (Lipinski definition) is 3. The van der Waals surface area contributed by atoms with E-state index in [0.717, 1.165) is 29.8 Å². The molecule has 128 valence electrons. The van der Waals surface area contributed by atoms with Gasteiger partial charge in [0.25, 0.3) is 0 Å². The molecule has 1 aliphatic rings. The van der Waals surface area contributed by atoms with Crippen molar-refractivity contribution < 1.29 is 13.6 Å². The standard InChI is InChI=1S/C19H18FN3O2/c20-15-4-2-1-3-12(15)9-10-21-19(24)22-14-7-8-17-16(11-14)23-18(25-17)13-5-6-13/h1-4,7-8,11,13H,5-6,9-10H2,(H2,21,22,24). The highest BCUT2D eigenvalue weighted by Gasteiger charge is 2.28. The van der Waals surface area contributed by atoms with E-state index >= 15 is 0 Å². The Bertz CT molecular complexity index is 918. The molecule has 1 fully saturated rings. The Morgan fingerprint density at radius 2 is 2.08 bits per heavy atom. The Hall–Kier alpha value is -2.89. The van der Waals surface area contributed by atoms with Crippen LogP contribution in [0.5, 0.6) is 0 Å². The Labute approximate surface area is 144 Å². The van der Waals surface area contributed by atoms with Crippen molar-refractivity contribution in [2.45, 2.75) is 25.2 Å². The first-order valence-electron chi connectivity index (χ1n) is 8.38. The number of carbonyl (C=O) groups excluding carboxylic acids is 1. The first-order chi connectivity index (χ1) is 12.2. The second-order valence-corrected chi connectivity index (χ2v) is 6.23. The maximum absolute atomic E-state index is 13.5. The molecule has 1 saturated carbocycles. The van der Waals surface area contributed by atoms with Crippen molar-refractivity contribution in [1.82, 2.24) is 10.3 Å². The number of rotatable bonds is 5. The van der Waals surface area contributed by atoms with Gasteiger partial charge in [0.15, 0.2) is 11.5 Å². The zero-order chi connectivity index (χ0) is 17.2. The average molecular weight is 339 g/mol. The molecule has 25 heavy (non-hydrogen) atoms. The van der Waals surface area contributed by atoms with Crippen molar-refractivity contribution in [2.24, 2.45) is 0 Å². The van der Waals surface area contributed by atoms with Crippen molar-refractivity contribution >= 4 is 22.8 Å². The number of amides is 2. The van der Waals surface area contributed by atoms with Gasteiger partial charge < -0.3 is 15.1 Å². The van der Waals surface area contributed by atoms with E-state index in [2.05, 4.69) is 15.6 Å². The monoisotopic (exact) mass is 339 g/mol. The third kappa shape index (κ3) is 3.63. The summed E-state index contributed by atoms with van der Waals surface area (Å²) in [4.78, 5) is 16.5. The molecule has 5 nitrogen and oxygen atoms in total. The third-order valence-electron chi connectivity index (χ3n) is 4.23. The number of carbonyl (C=O) groups is 1. The predicted octanol–water partition coefficient (Wildman–Crippen LogP) is 4.21. The summed E-state index contributed by atoms with van der Waals surface area (Å²) in [5.41, 5.74) is 2.70. The van der Waals surface area contributed by atoms with Gasteiger partial charge in [-0.3, -0.25) is 0 Å². The van der Waals surface area contributed by atoms with E-state index in [1.807, 2.05) is 6.07 Å². The van der Waals surface area contributed by atoms with E-state index in [4.69, 9.17) is 4.42 Å². The van der Waals surface area contributed by atoms with Crippen LogP contribution < -0.4 is 10.6 Å². The minimum Gasteiger partial charge on any atom is -0.440 e. The Morgan fingerprint density at radius 1 is 1.24 bits per heavy atom. The normalized spacial score (nSPS) is 13.8. The lowest BCUT2D eigenvalue weighted by Gasteiger charge is -2.08. The minimum absolute atomic E-state index is 0.257. The lowest BCUT2D eigenvalue weighted by atomic mass is 10.1. The third-order valence-corrected chi connectivity index (χ3v) is 4.23. The number of anilines is 1. The molecule has 2 amide bonds. The summed E-state index contributed by atoms with van der Waals surface area (Å²) in [7, 11) is 0. The van der Waals surface area contributed by atoms with Crippen LogP contribution in [0.25, 0.3) is 11.1 Å². The van der Waals surface area contributed by atoms with Crippen LogP contribution in [0.2, 0.25) is 0 Å². The molecular formula is C19H18FN3O2. The van der Waals surface area contributed by atoms with Crippen LogP contribution in [-0.2, 0) is 6.42 Å². The van der Waals surface area contributed by atoms with Gasteiger partial charge in [0.05, 0.1) is 0 Å². The summed E-state index contributed by atoms with van der Waals surface area (Å²) < 4.78 is 19.2. The van der Waals surface area contributed by atoms with Crippen molar-refractivity contribution in [3.63, 3.8) is 0 Å². The number of nitrogens with zero attached hydrogens (tertiary/aromatic N) is 1. The number of oxazole rings is 1. The Balaban J connectivity index is 1.34. The molecule has 1 aliphatic carbocycles. The van der Waals surface area contributed by atoms with Gasteiger partial charge >= 0.3 is 6.03 Å². The number of nitrogens with one attached hydrogen (secondary N) is 2. The summed E-state index contributed by atoms with van der Waals surface area (Å²) in [5, 5.41) is 5.49. The average Bonchev–Trinajstić information content (AvgIpc) is 3.36. The number of halogens is 1. The van der Waals surface area contributed by atoms with Crippen LogP contribution in [0.1, 0.15) is 30.2 Å². The van der Waals surface area contributed by atoms with Crippen LogP contribution in [0.15, 0.2) is 46.9 Å². The molecule has 0 unspecified atom stereocenters. The van der Waals surface area contributed by atoms with Crippen molar-refractivity contribution in [1.29, 1.82) is 0 Å². The van der Waals surface area contributed by atoms with Gasteiger partial charge in [-0.25, -0.2) is 14.2 Å².